The molecule has 2 rings (SSSR count). The number of anilines is 1. The van der Waals surface area contributed by atoms with Gasteiger partial charge in [0.2, 0.25) is 0 Å². The molecule has 0 saturated carbocycles. The van der Waals surface area contributed by atoms with Gasteiger partial charge in [0, 0.05) is 25.1 Å². The minimum absolute atomic E-state index is 0.0365. The first-order valence-corrected chi connectivity index (χ1v) is 5.36. The molecule has 0 saturated heterocycles. The smallest absolute Gasteiger partial charge is 0.354 e. The van der Waals surface area contributed by atoms with E-state index >= 15 is 0 Å². The summed E-state index contributed by atoms with van der Waals surface area (Å²) in [6.45, 7) is 2.38. The summed E-state index contributed by atoms with van der Waals surface area (Å²) in [7, 11) is 0. The van der Waals surface area contributed by atoms with E-state index in [2.05, 4.69) is 20.3 Å². The topological polar surface area (TPSA) is 88.0 Å². The van der Waals surface area contributed by atoms with Crippen molar-refractivity contribution in [1.82, 2.24) is 15.0 Å². The SMILES string of the molecule is Cc1nccnc1NCc1ccc(C(=O)O)nc1. The number of pyridine rings is 1. The van der Waals surface area contributed by atoms with Crippen LogP contribution in [-0.4, -0.2) is 26.0 Å². The van der Waals surface area contributed by atoms with Crippen LogP contribution in [0.25, 0.3) is 0 Å². The number of aromatic nitrogens is 3. The van der Waals surface area contributed by atoms with E-state index in [-0.39, 0.29) is 5.69 Å². The molecule has 6 heteroatoms. The number of carboxylic acid groups (broad SMARTS) is 1. The number of nitrogens with zero attached hydrogens (tertiary/aromatic N) is 3. The summed E-state index contributed by atoms with van der Waals surface area (Å²) >= 11 is 0. The Hall–Kier alpha value is -2.50. The molecule has 6 nitrogen and oxygen atoms in total. The zero-order valence-electron chi connectivity index (χ0n) is 9.79. The highest BCUT2D eigenvalue weighted by Crippen LogP contribution is 2.08. The van der Waals surface area contributed by atoms with Crippen LogP contribution in [0.2, 0.25) is 0 Å². The molecule has 0 radical (unpaired) electrons. The first-order valence-electron chi connectivity index (χ1n) is 5.36. The molecule has 0 atom stereocenters. The van der Waals surface area contributed by atoms with Crippen LogP contribution in [0.1, 0.15) is 21.7 Å². The lowest BCUT2D eigenvalue weighted by molar-refractivity contribution is 0.0690. The number of carboxylic acids is 1. The van der Waals surface area contributed by atoms with Gasteiger partial charge in [0.15, 0.2) is 0 Å². The fraction of sp³-hybridized carbons (Fsp3) is 0.167. The molecule has 2 N–H and O–H groups in total. The van der Waals surface area contributed by atoms with Gasteiger partial charge in [0.05, 0.1) is 5.69 Å². The molecular formula is C12H12N4O2. The van der Waals surface area contributed by atoms with Gasteiger partial charge in [-0.1, -0.05) is 6.07 Å². The van der Waals surface area contributed by atoms with Crippen molar-refractivity contribution in [3.05, 3.63) is 47.7 Å². The predicted molar refractivity (Wildman–Crippen MR) is 65.3 cm³/mol. The van der Waals surface area contributed by atoms with E-state index < -0.39 is 5.97 Å². The Labute approximate surface area is 104 Å². The van der Waals surface area contributed by atoms with Crippen LogP contribution in [0.15, 0.2) is 30.7 Å². The molecule has 0 aliphatic carbocycles. The van der Waals surface area contributed by atoms with E-state index in [0.717, 1.165) is 11.3 Å². The second kappa shape index (κ2) is 5.22. The van der Waals surface area contributed by atoms with Crippen molar-refractivity contribution < 1.29 is 9.90 Å². The molecule has 2 heterocycles. The van der Waals surface area contributed by atoms with E-state index in [9.17, 15) is 4.79 Å². The summed E-state index contributed by atoms with van der Waals surface area (Å²) in [5, 5.41) is 11.8. The van der Waals surface area contributed by atoms with Gasteiger partial charge < -0.3 is 10.4 Å². The number of carbonyl (C=O) groups is 1. The molecule has 0 amide bonds. The minimum atomic E-state index is -1.03. The van der Waals surface area contributed by atoms with E-state index in [4.69, 9.17) is 5.11 Å². The van der Waals surface area contributed by atoms with Crippen LogP contribution in [0.3, 0.4) is 0 Å². The molecule has 0 bridgehead atoms. The summed E-state index contributed by atoms with van der Waals surface area (Å²) in [5.74, 6) is -0.320. The number of rotatable bonds is 4. The zero-order valence-corrected chi connectivity index (χ0v) is 9.79. The van der Waals surface area contributed by atoms with Crippen molar-refractivity contribution in [1.29, 1.82) is 0 Å². The van der Waals surface area contributed by atoms with Gasteiger partial charge in [-0.2, -0.15) is 0 Å². The van der Waals surface area contributed by atoms with Crippen LogP contribution < -0.4 is 5.32 Å². The quantitative estimate of drug-likeness (QED) is 0.847. The minimum Gasteiger partial charge on any atom is -0.477 e. The maximum absolute atomic E-state index is 10.6. The molecular weight excluding hydrogens is 232 g/mol. The monoisotopic (exact) mass is 244 g/mol. The first-order chi connectivity index (χ1) is 8.66. The lowest BCUT2D eigenvalue weighted by Crippen LogP contribution is -2.06. The summed E-state index contributed by atoms with van der Waals surface area (Å²) < 4.78 is 0. The number of nitrogens with one attached hydrogen (secondary N) is 1. The van der Waals surface area contributed by atoms with Crippen molar-refractivity contribution in [3.8, 4) is 0 Å². The number of hydrogen-bond donors (Lipinski definition) is 2. The fourth-order valence-electron chi connectivity index (χ4n) is 1.42. The highest BCUT2D eigenvalue weighted by Gasteiger charge is 2.04. The Morgan fingerprint density at radius 3 is 2.67 bits per heavy atom. The third kappa shape index (κ3) is 2.79. The molecule has 92 valence electrons. The summed E-state index contributed by atoms with van der Waals surface area (Å²) in [6, 6.07) is 3.19. The van der Waals surface area contributed by atoms with E-state index in [1.54, 1.807) is 18.5 Å². The van der Waals surface area contributed by atoms with E-state index in [1.165, 1.54) is 12.3 Å². The van der Waals surface area contributed by atoms with E-state index in [0.29, 0.717) is 12.4 Å². The lowest BCUT2D eigenvalue weighted by Gasteiger charge is -2.07. The Bertz CT molecular complexity index is 554. The van der Waals surface area contributed by atoms with E-state index in [1.807, 2.05) is 6.92 Å². The van der Waals surface area contributed by atoms with Crippen LogP contribution in [0.5, 0.6) is 0 Å². The molecule has 0 aliphatic heterocycles. The number of aromatic carboxylic acids is 1. The average molecular weight is 244 g/mol. The maximum Gasteiger partial charge on any atom is 0.354 e. The van der Waals surface area contributed by atoms with Crippen molar-refractivity contribution >= 4 is 11.8 Å². The van der Waals surface area contributed by atoms with Gasteiger partial charge in [0.25, 0.3) is 0 Å². The van der Waals surface area contributed by atoms with Crippen molar-refractivity contribution in [2.45, 2.75) is 13.5 Å². The lowest BCUT2D eigenvalue weighted by atomic mass is 10.2. The normalized spacial score (nSPS) is 10.1. The van der Waals surface area contributed by atoms with Gasteiger partial charge >= 0.3 is 5.97 Å². The Balaban J connectivity index is 2.02. The second-order valence-corrected chi connectivity index (χ2v) is 3.70. The molecule has 18 heavy (non-hydrogen) atoms. The number of hydrogen-bond acceptors (Lipinski definition) is 5. The second-order valence-electron chi connectivity index (χ2n) is 3.70. The molecule has 0 unspecified atom stereocenters. The Morgan fingerprint density at radius 2 is 2.06 bits per heavy atom. The third-order valence-electron chi connectivity index (χ3n) is 2.39. The van der Waals surface area contributed by atoms with Gasteiger partial charge in [-0.3, -0.25) is 4.98 Å². The van der Waals surface area contributed by atoms with Gasteiger partial charge in [-0.05, 0) is 18.6 Å². The predicted octanol–water partition coefficient (Wildman–Crippen LogP) is 1.49. The standard InChI is InChI=1S/C12H12N4O2/c1-8-11(14-5-4-13-8)16-7-9-2-3-10(12(17)18)15-6-9/h2-6H,7H2,1H3,(H,14,16)(H,17,18). The molecule has 0 aliphatic rings. The van der Waals surface area contributed by atoms with Gasteiger partial charge in [-0.15, -0.1) is 0 Å². The summed E-state index contributed by atoms with van der Waals surface area (Å²) in [4.78, 5) is 22.7. The zero-order chi connectivity index (χ0) is 13.0. The third-order valence-corrected chi connectivity index (χ3v) is 2.39. The number of aryl methyl sites for hydroxylation is 1. The van der Waals surface area contributed by atoms with Gasteiger partial charge in [-0.25, -0.2) is 14.8 Å². The Morgan fingerprint density at radius 1 is 1.28 bits per heavy atom. The van der Waals surface area contributed by atoms with Crippen LogP contribution >= 0.6 is 0 Å². The average Bonchev–Trinajstić information content (AvgIpc) is 2.38. The molecule has 0 aromatic carbocycles. The Kier molecular flexibility index (Phi) is 3.47. The maximum atomic E-state index is 10.6. The molecule has 2 aromatic heterocycles. The fourth-order valence-corrected chi connectivity index (χ4v) is 1.42. The van der Waals surface area contributed by atoms with Crippen LogP contribution in [-0.2, 0) is 6.54 Å². The van der Waals surface area contributed by atoms with Crippen molar-refractivity contribution in [2.75, 3.05) is 5.32 Å². The van der Waals surface area contributed by atoms with Crippen LogP contribution in [0.4, 0.5) is 5.82 Å². The van der Waals surface area contributed by atoms with Crippen molar-refractivity contribution in [3.63, 3.8) is 0 Å². The molecule has 2 aromatic rings. The highest BCUT2D eigenvalue weighted by atomic mass is 16.4. The van der Waals surface area contributed by atoms with Gasteiger partial charge in [0.1, 0.15) is 11.5 Å². The largest absolute Gasteiger partial charge is 0.477 e. The summed E-state index contributed by atoms with van der Waals surface area (Å²) in [6.07, 6.45) is 4.77. The summed E-state index contributed by atoms with van der Waals surface area (Å²) in [5.41, 5.74) is 1.73. The highest BCUT2D eigenvalue weighted by molar-refractivity contribution is 5.85. The molecule has 0 spiro atoms. The first kappa shape index (κ1) is 12.0. The van der Waals surface area contributed by atoms with Crippen LogP contribution in [0, 0.1) is 6.92 Å². The molecule has 0 fully saturated rings. The van der Waals surface area contributed by atoms with Crippen molar-refractivity contribution in [2.24, 2.45) is 0 Å².